The Hall–Kier alpha value is -1.90. The molecule has 0 bridgehead atoms. The van der Waals surface area contributed by atoms with Gasteiger partial charge in [-0.05, 0) is 36.4 Å². The van der Waals surface area contributed by atoms with E-state index in [1.807, 2.05) is 18.2 Å². The summed E-state index contributed by atoms with van der Waals surface area (Å²) >= 11 is 1.48. The van der Waals surface area contributed by atoms with Crippen molar-refractivity contribution in [2.45, 2.75) is 16.8 Å². The molecule has 122 valence electrons. The summed E-state index contributed by atoms with van der Waals surface area (Å²) in [6.07, 6.45) is 1.70. The number of nitrogens with one attached hydrogen (secondary N) is 2. The molecule has 2 N–H and O–H groups in total. The Kier molecular flexibility index (Phi) is 6.14. The first kappa shape index (κ1) is 17.5. The van der Waals surface area contributed by atoms with Gasteiger partial charge in [-0.2, -0.15) is 0 Å². The van der Waals surface area contributed by atoms with E-state index in [0.29, 0.717) is 18.0 Å². The quantitative estimate of drug-likeness (QED) is 0.589. The van der Waals surface area contributed by atoms with Gasteiger partial charge in [-0.3, -0.25) is 4.79 Å². The highest BCUT2D eigenvalue weighted by molar-refractivity contribution is 7.99. The smallest absolute Gasteiger partial charge is 0.240 e. The van der Waals surface area contributed by atoms with Crippen molar-refractivity contribution in [3.8, 4) is 0 Å². The monoisotopic (exact) mass is 351 g/mol. The van der Waals surface area contributed by atoms with Gasteiger partial charge in [0.2, 0.25) is 15.9 Å². The highest BCUT2D eigenvalue weighted by atomic mass is 32.2. The van der Waals surface area contributed by atoms with Crippen LogP contribution in [0.4, 0.5) is 5.69 Å². The molecule has 1 aromatic carbocycles. The summed E-state index contributed by atoms with van der Waals surface area (Å²) in [7, 11) is -3.56. The summed E-state index contributed by atoms with van der Waals surface area (Å²) in [5.41, 5.74) is 0.558. The third kappa shape index (κ3) is 5.66. The van der Waals surface area contributed by atoms with E-state index in [4.69, 9.17) is 0 Å². The highest BCUT2D eigenvalue weighted by Crippen LogP contribution is 2.15. The Morgan fingerprint density at radius 3 is 2.52 bits per heavy atom. The lowest BCUT2D eigenvalue weighted by atomic mass is 10.3. The average molecular weight is 351 g/mol. The molecule has 0 spiro atoms. The standard InChI is InChI=1S/C15H17N3O3S2/c1-12(19)18-13-5-7-14(8-6-13)23(20,21)17-10-11-22-15-4-2-3-9-16-15/h2-9,17H,10-11H2,1H3,(H,18,19). The molecule has 1 amide bonds. The number of anilines is 1. The van der Waals surface area contributed by atoms with Gasteiger partial charge in [0.25, 0.3) is 0 Å². The van der Waals surface area contributed by atoms with Crippen molar-refractivity contribution < 1.29 is 13.2 Å². The van der Waals surface area contributed by atoms with Crippen LogP contribution in [-0.2, 0) is 14.8 Å². The van der Waals surface area contributed by atoms with E-state index in [9.17, 15) is 13.2 Å². The number of nitrogens with zero attached hydrogens (tertiary/aromatic N) is 1. The molecule has 1 aromatic heterocycles. The SMILES string of the molecule is CC(=O)Nc1ccc(S(=O)(=O)NCCSc2ccccn2)cc1. The lowest BCUT2D eigenvalue weighted by Gasteiger charge is -2.08. The van der Waals surface area contributed by atoms with Crippen LogP contribution >= 0.6 is 11.8 Å². The van der Waals surface area contributed by atoms with Crippen molar-refractivity contribution in [1.29, 1.82) is 0 Å². The van der Waals surface area contributed by atoms with Crippen LogP contribution in [0.15, 0.2) is 58.6 Å². The molecule has 2 aromatic rings. The fourth-order valence-electron chi connectivity index (χ4n) is 1.77. The minimum Gasteiger partial charge on any atom is -0.326 e. The molecule has 0 saturated heterocycles. The average Bonchev–Trinajstić information content (AvgIpc) is 2.53. The number of hydrogen-bond acceptors (Lipinski definition) is 5. The zero-order valence-corrected chi connectivity index (χ0v) is 14.2. The van der Waals surface area contributed by atoms with E-state index >= 15 is 0 Å². The molecule has 23 heavy (non-hydrogen) atoms. The Labute approximate surface area is 139 Å². The van der Waals surface area contributed by atoms with E-state index in [1.165, 1.54) is 30.8 Å². The number of rotatable bonds is 7. The number of carbonyl (C=O) groups excluding carboxylic acids is 1. The molecule has 0 unspecified atom stereocenters. The van der Waals surface area contributed by atoms with Crippen LogP contribution in [0, 0.1) is 0 Å². The van der Waals surface area contributed by atoms with E-state index in [2.05, 4.69) is 15.0 Å². The lowest BCUT2D eigenvalue weighted by Crippen LogP contribution is -2.26. The predicted octanol–water partition coefficient (Wildman–Crippen LogP) is 2.11. The van der Waals surface area contributed by atoms with Crippen LogP contribution in [-0.4, -0.2) is 31.6 Å². The van der Waals surface area contributed by atoms with Gasteiger partial charge in [-0.15, -0.1) is 11.8 Å². The number of sulfonamides is 1. The van der Waals surface area contributed by atoms with Gasteiger partial charge in [-0.1, -0.05) is 6.07 Å². The van der Waals surface area contributed by atoms with Gasteiger partial charge in [0.05, 0.1) is 9.92 Å². The Bertz CT molecular complexity index is 747. The fourth-order valence-corrected chi connectivity index (χ4v) is 3.65. The summed E-state index contributed by atoms with van der Waals surface area (Å²) in [5.74, 6) is 0.380. The van der Waals surface area contributed by atoms with Crippen LogP contribution in [0.5, 0.6) is 0 Å². The molecular weight excluding hydrogens is 334 g/mol. The largest absolute Gasteiger partial charge is 0.326 e. The number of aromatic nitrogens is 1. The van der Waals surface area contributed by atoms with Crippen molar-refractivity contribution in [3.63, 3.8) is 0 Å². The molecular formula is C15H17N3O3S2. The first-order valence-corrected chi connectivity index (χ1v) is 9.35. The third-order valence-corrected chi connectivity index (χ3v) is 5.19. The van der Waals surface area contributed by atoms with E-state index in [-0.39, 0.29) is 10.8 Å². The Morgan fingerprint density at radius 2 is 1.91 bits per heavy atom. The fraction of sp³-hybridized carbons (Fsp3) is 0.200. The zero-order valence-electron chi connectivity index (χ0n) is 12.5. The number of amides is 1. The lowest BCUT2D eigenvalue weighted by molar-refractivity contribution is -0.114. The summed E-state index contributed by atoms with van der Waals surface area (Å²) in [4.78, 5) is 15.3. The van der Waals surface area contributed by atoms with Crippen LogP contribution in [0.2, 0.25) is 0 Å². The molecule has 8 heteroatoms. The Balaban J connectivity index is 1.87. The number of hydrogen-bond donors (Lipinski definition) is 2. The van der Waals surface area contributed by atoms with E-state index in [0.717, 1.165) is 5.03 Å². The second-order valence-electron chi connectivity index (χ2n) is 4.62. The van der Waals surface area contributed by atoms with Crippen LogP contribution in [0.1, 0.15) is 6.92 Å². The number of thioether (sulfide) groups is 1. The first-order valence-electron chi connectivity index (χ1n) is 6.88. The topological polar surface area (TPSA) is 88.2 Å². The summed E-state index contributed by atoms with van der Waals surface area (Å²) in [6, 6.07) is 11.6. The summed E-state index contributed by atoms with van der Waals surface area (Å²) in [5, 5.41) is 3.44. The van der Waals surface area contributed by atoms with Crippen LogP contribution in [0.25, 0.3) is 0 Å². The first-order chi connectivity index (χ1) is 11.0. The van der Waals surface area contributed by atoms with E-state index < -0.39 is 10.0 Å². The highest BCUT2D eigenvalue weighted by Gasteiger charge is 2.13. The van der Waals surface area contributed by atoms with Crippen molar-refractivity contribution in [1.82, 2.24) is 9.71 Å². The minimum absolute atomic E-state index is 0.162. The van der Waals surface area contributed by atoms with Crippen molar-refractivity contribution in [2.24, 2.45) is 0 Å². The van der Waals surface area contributed by atoms with Gasteiger partial charge < -0.3 is 5.32 Å². The van der Waals surface area contributed by atoms with Gasteiger partial charge in [-0.25, -0.2) is 18.1 Å². The molecule has 0 saturated carbocycles. The molecule has 6 nitrogen and oxygen atoms in total. The molecule has 0 aliphatic heterocycles. The molecule has 1 heterocycles. The van der Waals surface area contributed by atoms with Crippen LogP contribution in [0.3, 0.4) is 0 Å². The number of carbonyl (C=O) groups is 1. The molecule has 0 aliphatic rings. The molecule has 0 atom stereocenters. The Morgan fingerprint density at radius 1 is 1.17 bits per heavy atom. The number of benzene rings is 1. The minimum atomic E-state index is -3.56. The van der Waals surface area contributed by atoms with E-state index in [1.54, 1.807) is 18.3 Å². The second kappa shape index (κ2) is 8.09. The maximum absolute atomic E-state index is 12.2. The van der Waals surface area contributed by atoms with Gasteiger partial charge >= 0.3 is 0 Å². The summed E-state index contributed by atoms with van der Waals surface area (Å²) < 4.78 is 26.8. The third-order valence-electron chi connectivity index (χ3n) is 2.77. The maximum atomic E-state index is 12.2. The predicted molar refractivity (Wildman–Crippen MR) is 90.9 cm³/mol. The maximum Gasteiger partial charge on any atom is 0.240 e. The molecule has 0 aliphatic carbocycles. The van der Waals surface area contributed by atoms with Gasteiger partial charge in [0.1, 0.15) is 0 Å². The zero-order chi connectivity index (χ0) is 16.7. The molecule has 2 rings (SSSR count). The van der Waals surface area contributed by atoms with Gasteiger partial charge in [0.15, 0.2) is 0 Å². The second-order valence-corrected chi connectivity index (χ2v) is 7.50. The molecule has 0 radical (unpaired) electrons. The van der Waals surface area contributed by atoms with Crippen molar-refractivity contribution in [3.05, 3.63) is 48.7 Å². The van der Waals surface area contributed by atoms with Crippen LogP contribution < -0.4 is 10.0 Å². The van der Waals surface area contributed by atoms with Crippen molar-refractivity contribution >= 4 is 33.4 Å². The normalized spacial score (nSPS) is 11.2. The number of pyridine rings is 1. The summed E-state index contributed by atoms with van der Waals surface area (Å²) in [6.45, 7) is 1.70. The molecule has 0 fully saturated rings. The van der Waals surface area contributed by atoms with Crippen molar-refractivity contribution in [2.75, 3.05) is 17.6 Å². The van der Waals surface area contributed by atoms with Gasteiger partial charge in [0, 0.05) is 31.1 Å².